The van der Waals surface area contributed by atoms with Crippen molar-refractivity contribution in [1.82, 2.24) is 9.80 Å². The summed E-state index contributed by atoms with van der Waals surface area (Å²) in [6.07, 6.45) is 12.3. The van der Waals surface area contributed by atoms with E-state index in [1.807, 2.05) is 17.0 Å². The normalized spacial score (nSPS) is 47.2. The zero-order valence-electron chi connectivity index (χ0n) is 28.7. The first-order valence-corrected chi connectivity index (χ1v) is 18.8. The van der Waals surface area contributed by atoms with Gasteiger partial charge in [0.15, 0.2) is 5.79 Å². The zero-order chi connectivity index (χ0) is 31.8. The molecule has 254 valence electrons. The standard InChI is InChI=1S/C39H57FN2O4/c1-25-11-16-39(44-24-25)26(2)35-34(46-39)22-33-31-10-7-28-21-30(12-14-37(28,3)32(31)13-15-38(33,35)4)45-36(43)42-19-17-41(18-20-42)23-27-5-8-29(40)9-6-27/h5-6,8-9,25-26,28,30-35H,7,10-24H2,1-4H3/t25-,26-,28+,30-,31+,32-,33-,34-,35-,37-,38-,39+/m0/s1. The SMILES string of the molecule is C[C@H]1CC[C@@]2(OC1)O[C@H]1C[C@H]3[C@@H]4CC[C@@H]5C[C@@H](OC(=O)N6CCN(Cc7ccc(F)cc7)CC6)CC[C@]5(C)[C@H]4CC[C@]3(C)[C@H]1[C@@H]2C. The predicted octanol–water partition coefficient (Wildman–Crippen LogP) is 7.90. The number of fused-ring (bicyclic) bond motifs is 7. The summed E-state index contributed by atoms with van der Waals surface area (Å²) in [4.78, 5) is 17.5. The minimum Gasteiger partial charge on any atom is -0.446 e. The number of carbonyl (C=O) groups is 1. The summed E-state index contributed by atoms with van der Waals surface area (Å²) in [5.41, 5.74) is 1.82. The van der Waals surface area contributed by atoms with Crippen LogP contribution in [0.3, 0.4) is 0 Å². The van der Waals surface area contributed by atoms with Gasteiger partial charge in [0.25, 0.3) is 0 Å². The van der Waals surface area contributed by atoms with Gasteiger partial charge in [-0.1, -0.05) is 39.8 Å². The van der Waals surface area contributed by atoms with Gasteiger partial charge in [0.1, 0.15) is 11.9 Å². The summed E-state index contributed by atoms with van der Waals surface area (Å²) in [6.45, 7) is 14.7. The monoisotopic (exact) mass is 636 g/mol. The van der Waals surface area contributed by atoms with Crippen LogP contribution in [0.15, 0.2) is 24.3 Å². The first-order chi connectivity index (χ1) is 22.1. The molecule has 7 aliphatic rings. The van der Waals surface area contributed by atoms with Gasteiger partial charge in [-0.15, -0.1) is 0 Å². The fourth-order valence-corrected chi connectivity index (χ4v) is 12.5. The van der Waals surface area contributed by atoms with Gasteiger partial charge < -0.3 is 19.1 Å². The highest BCUT2D eigenvalue weighted by Gasteiger charge is 2.69. The largest absolute Gasteiger partial charge is 0.446 e. The Hall–Kier alpha value is -1.70. The summed E-state index contributed by atoms with van der Waals surface area (Å²) >= 11 is 0. The molecule has 1 aromatic carbocycles. The first-order valence-electron chi connectivity index (χ1n) is 18.8. The second kappa shape index (κ2) is 11.7. The number of amides is 1. The predicted molar refractivity (Wildman–Crippen MR) is 175 cm³/mol. The van der Waals surface area contributed by atoms with E-state index in [0.29, 0.717) is 53.7 Å². The molecule has 7 heteroatoms. The number of hydrogen-bond donors (Lipinski definition) is 0. The van der Waals surface area contributed by atoms with Crippen molar-refractivity contribution >= 4 is 6.09 Å². The Balaban J connectivity index is 0.860. The van der Waals surface area contributed by atoms with Crippen LogP contribution >= 0.6 is 0 Å². The molecule has 1 spiro atoms. The molecule has 7 fully saturated rings. The maximum Gasteiger partial charge on any atom is 0.410 e. The molecular formula is C39H57FN2O4. The molecule has 6 nitrogen and oxygen atoms in total. The van der Waals surface area contributed by atoms with Crippen molar-refractivity contribution in [2.24, 2.45) is 52.3 Å². The lowest BCUT2D eigenvalue weighted by Gasteiger charge is -2.61. The van der Waals surface area contributed by atoms with Gasteiger partial charge in [0.2, 0.25) is 0 Å². The summed E-state index contributed by atoms with van der Waals surface area (Å²) < 4.78 is 33.0. The van der Waals surface area contributed by atoms with Gasteiger partial charge in [-0.05, 0) is 122 Å². The molecule has 3 saturated heterocycles. The van der Waals surface area contributed by atoms with E-state index >= 15 is 0 Å². The molecule has 0 aromatic heterocycles. The molecule has 4 saturated carbocycles. The van der Waals surface area contributed by atoms with E-state index in [2.05, 4.69) is 32.6 Å². The molecule has 0 bridgehead atoms. The molecule has 0 radical (unpaired) electrons. The lowest BCUT2D eigenvalue weighted by Crippen LogP contribution is -2.55. The van der Waals surface area contributed by atoms with E-state index in [1.54, 1.807) is 0 Å². The Morgan fingerprint density at radius 2 is 1.67 bits per heavy atom. The third-order valence-electron chi connectivity index (χ3n) is 15.1. The number of rotatable bonds is 3. The van der Waals surface area contributed by atoms with Gasteiger partial charge >= 0.3 is 6.09 Å². The van der Waals surface area contributed by atoms with Crippen LogP contribution in [0.2, 0.25) is 0 Å². The van der Waals surface area contributed by atoms with Crippen LogP contribution in [-0.4, -0.2) is 66.7 Å². The molecule has 3 aliphatic heterocycles. The van der Waals surface area contributed by atoms with Gasteiger partial charge in [0, 0.05) is 45.1 Å². The van der Waals surface area contributed by atoms with Crippen molar-refractivity contribution < 1.29 is 23.4 Å². The average Bonchev–Trinajstić information content (AvgIpc) is 3.49. The van der Waals surface area contributed by atoms with Crippen LogP contribution in [0.5, 0.6) is 0 Å². The number of benzene rings is 1. The van der Waals surface area contributed by atoms with Gasteiger partial charge in [-0.25, -0.2) is 9.18 Å². The fourth-order valence-electron chi connectivity index (χ4n) is 12.5. The maximum atomic E-state index is 13.3. The highest BCUT2D eigenvalue weighted by molar-refractivity contribution is 5.68. The Morgan fingerprint density at radius 3 is 2.41 bits per heavy atom. The molecule has 1 amide bonds. The molecule has 8 rings (SSSR count). The van der Waals surface area contributed by atoms with Crippen molar-refractivity contribution in [2.75, 3.05) is 32.8 Å². The highest BCUT2D eigenvalue weighted by Crippen LogP contribution is 2.71. The van der Waals surface area contributed by atoms with Crippen molar-refractivity contribution in [3.8, 4) is 0 Å². The Labute approximate surface area is 276 Å². The molecule has 0 unspecified atom stereocenters. The van der Waals surface area contributed by atoms with E-state index in [4.69, 9.17) is 14.2 Å². The molecule has 12 atom stereocenters. The second-order valence-corrected chi connectivity index (χ2v) is 17.3. The zero-order valence-corrected chi connectivity index (χ0v) is 28.7. The molecule has 3 heterocycles. The molecule has 4 aliphatic carbocycles. The summed E-state index contributed by atoms with van der Waals surface area (Å²) in [5.74, 6) is 4.21. The number of piperazine rings is 1. The smallest absolute Gasteiger partial charge is 0.410 e. The van der Waals surface area contributed by atoms with Crippen LogP contribution in [-0.2, 0) is 20.8 Å². The van der Waals surface area contributed by atoms with Crippen LogP contribution < -0.4 is 0 Å². The summed E-state index contributed by atoms with van der Waals surface area (Å²) in [5, 5.41) is 0. The van der Waals surface area contributed by atoms with Gasteiger partial charge in [0.05, 0.1) is 12.7 Å². The Morgan fingerprint density at radius 1 is 0.913 bits per heavy atom. The second-order valence-electron chi connectivity index (χ2n) is 17.3. The van der Waals surface area contributed by atoms with E-state index in [9.17, 15) is 9.18 Å². The average molecular weight is 637 g/mol. The third-order valence-corrected chi connectivity index (χ3v) is 15.1. The quantitative estimate of drug-likeness (QED) is 0.338. The maximum absolute atomic E-state index is 13.3. The van der Waals surface area contributed by atoms with Crippen molar-refractivity contribution in [3.05, 3.63) is 35.6 Å². The van der Waals surface area contributed by atoms with Crippen molar-refractivity contribution in [2.45, 2.75) is 116 Å². The minimum absolute atomic E-state index is 0.0442. The minimum atomic E-state index is -0.330. The van der Waals surface area contributed by atoms with Crippen molar-refractivity contribution in [1.29, 1.82) is 0 Å². The fraction of sp³-hybridized carbons (Fsp3) is 0.821. The van der Waals surface area contributed by atoms with Crippen LogP contribution in [0.1, 0.15) is 97.5 Å². The first kappa shape index (κ1) is 31.6. The van der Waals surface area contributed by atoms with Crippen LogP contribution in [0.4, 0.5) is 9.18 Å². The number of carbonyl (C=O) groups excluding carboxylic acids is 1. The van der Waals surface area contributed by atoms with Gasteiger partial charge in [-0.3, -0.25) is 4.90 Å². The lowest BCUT2D eigenvalue weighted by molar-refractivity contribution is -0.273. The molecule has 0 N–H and O–H groups in total. The van der Waals surface area contributed by atoms with E-state index in [-0.39, 0.29) is 23.8 Å². The number of nitrogens with zero attached hydrogens (tertiary/aromatic N) is 2. The summed E-state index contributed by atoms with van der Waals surface area (Å²) in [7, 11) is 0. The topological polar surface area (TPSA) is 51.2 Å². The molecular weight excluding hydrogens is 579 g/mol. The third kappa shape index (κ3) is 5.16. The van der Waals surface area contributed by atoms with E-state index < -0.39 is 0 Å². The van der Waals surface area contributed by atoms with Crippen LogP contribution in [0, 0.1) is 58.1 Å². The van der Waals surface area contributed by atoms with Gasteiger partial charge in [-0.2, -0.15) is 0 Å². The molecule has 1 aromatic rings. The van der Waals surface area contributed by atoms with E-state index in [1.165, 1.54) is 57.1 Å². The number of halogens is 1. The lowest BCUT2D eigenvalue weighted by atomic mass is 9.44. The van der Waals surface area contributed by atoms with E-state index in [0.717, 1.165) is 68.8 Å². The molecule has 46 heavy (non-hydrogen) atoms. The van der Waals surface area contributed by atoms with Crippen LogP contribution in [0.25, 0.3) is 0 Å². The Kier molecular flexibility index (Phi) is 8.04. The number of ether oxygens (including phenoxy) is 3. The highest BCUT2D eigenvalue weighted by atomic mass is 19.1. The van der Waals surface area contributed by atoms with Crippen molar-refractivity contribution in [3.63, 3.8) is 0 Å². The number of hydrogen-bond acceptors (Lipinski definition) is 5. The Bertz CT molecular complexity index is 1280. The summed E-state index contributed by atoms with van der Waals surface area (Å²) in [6, 6.07) is 6.74.